The molecule has 0 saturated heterocycles. The predicted molar refractivity (Wildman–Crippen MR) is 62.0 cm³/mol. The zero-order valence-electron chi connectivity index (χ0n) is 9.11. The van der Waals surface area contributed by atoms with Crippen LogP contribution in [0.4, 0.5) is 5.69 Å². The Labute approximate surface area is 90.7 Å². The van der Waals surface area contributed by atoms with E-state index in [1.54, 1.807) is 12.1 Å². The van der Waals surface area contributed by atoms with Gasteiger partial charge in [0.05, 0.1) is 5.69 Å². The van der Waals surface area contributed by atoms with Crippen LogP contribution in [0.1, 0.15) is 30.9 Å². The number of nitrogens with one attached hydrogen (secondary N) is 1. The van der Waals surface area contributed by atoms with Crippen molar-refractivity contribution in [2.45, 2.75) is 26.7 Å². The van der Waals surface area contributed by atoms with Crippen LogP contribution in [-0.2, 0) is 10.2 Å². The maximum Gasteiger partial charge on any atom is 0.296 e. The van der Waals surface area contributed by atoms with E-state index in [0.717, 1.165) is 5.56 Å². The zero-order valence-corrected chi connectivity index (χ0v) is 9.93. The van der Waals surface area contributed by atoms with Crippen LogP contribution in [0.15, 0.2) is 18.2 Å². The van der Waals surface area contributed by atoms with E-state index in [4.69, 9.17) is 5.14 Å². The monoisotopic (exact) mass is 228 g/mol. The lowest BCUT2D eigenvalue weighted by molar-refractivity contribution is 0.603. The van der Waals surface area contributed by atoms with Crippen LogP contribution in [0.2, 0.25) is 0 Å². The van der Waals surface area contributed by atoms with Gasteiger partial charge < -0.3 is 0 Å². The van der Waals surface area contributed by atoms with Crippen molar-refractivity contribution in [3.05, 3.63) is 29.3 Å². The molecule has 1 rings (SSSR count). The number of benzene rings is 1. The molecule has 0 bridgehead atoms. The molecule has 0 unspecified atom stereocenters. The van der Waals surface area contributed by atoms with Gasteiger partial charge in [0.25, 0.3) is 10.2 Å². The van der Waals surface area contributed by atoms with Gasteiger partial charge in [-0.15, -0.1) is 0 Å². The lowest BCUT2D eigenvalue weighted by atomic mass is 9.98. The normalized spacial score (nSPS) is 11.8. The van der Waals surface area contributed by atoms with Gasteiger partial charge in [0.2, 0.25) is 0 Å². The van der Waals surface area contributed by atoms with Gasteiger partial charge in [-0.3, -0.25) is 4.72 Å². The molecular weight excluding hydrogens is 212 g/mol. The molecular formula is C10H16N2O2S. The standard InChI is InChI=1S/C10H16N2O2S/c1-7(2)10-5-4-9(6-8(10)3)12-15(11,13)14/h4-7,12H,1-3H3,(H2,11,13,14). The first-order valence-electron chi connectivity index (χ1n) is 4.70. The minimum atomic E-state index is -3.68. The van der Waals surface area contributed by atoms with Crippen LogP contribution >= 0.6 is 0 Å². The summed E-state index contributed by atoms with van der Waals surface area (Å²) in [5.74, 6) is 0.425. The highest BCUT2D eigenvalue weighted by Gasteiger charge is 2.06. The summed E-state index contributed by atoms with van der Waals surface area (Å²) < 4.78 is 23.8. The molecule has 0 heterocycles. The van der Waals surface area contributed by atoms with Crippen LogP contribution in [0.5, 0.6) is 0 Å². The summed E-state index contributed by atoms with van der Waals surface area (Å²) in [4.78, 5) is 0. The van der Waals surface area contributed by atoms with Crippen molar-refractivity contribution in [3.63, 3.8) is 0 Å². The molecule has 0 amide bonds. The van der Waals surface area contributed by atoms with Gasteiger partial charge in [-0.25, -0.2) is 5.14 Å². The van der Waals surface area contributed by atoms with E-state index < -0.39 is 10.2 Å². The fraction of sp³-hybridized carbons (Fsp3) is 0.400. The Balaban J connectivity index is 3.02. The van der Waals surface area contributed by atoms with Crippen molar-refractivity contribution >= 4 is 15.9 Å². The summed E-state index contributed by atoms with van der Waals surface area (Å²) >= 11 is 0. The van der Waals surface area contributed by atoms with Crippen molar-refractivity contribution in [3.8, 4) is 0 Å². The van der Waals surface area contributed by atoms with E-state index in [9.17, 15) is 8.42 Å². The number of anilines is 1. The van der Waals surface area contributed by atoms with Crippen LogP contribution in [-0.4, -0.2) is 8.42 Å². The molecule has 0 aromatic heterocycles. The summed E-state index contributed by atoms with van der Waals surface area (Å²) in [7, 11) is -3.68. The van der Waals surface area contributed by atoms with Gasteiger partial charge in [-0.05, 0) is 36.1 Å². The lowest BCUT2D eigenvalue weighted by Crippen LogP contribution is -2.21. The van der Waals surface area contributed by atoms with Crippen LogP contribution in [0.3, 0.4) is 0 Å². The molecule has 84 valence electrons. The summed E-state index contributed by atoms with van der Waals surface area (Å²) in [6, 6.07) is 5.40. The second-order valence-electron chi connectivity index (χ2n) is 3.87. The molecule has 0 aliphatic heterocycles. The first-order chi connectivity index (χ1) is 6.79. The fourth-order valence-corrected chi connectivity index (χ4v) is 2.01. The molecule has 0 fully saturated rings. The van der Waals surface area contributed by atoms with E-state index >= 15 is 0 Å². The molecule has 0 atom stereocenters. The van der Waals surface area contributed by atoms with E-state index in [-0.39, 0.29) is 0 Å². The Hall–Kier alpha value is -1.07. The molecule has 0 saturated carbocycles. The highest BCUT2D eigenvalue weighted by Crippen LogP contribution is 2.22. The summed E-state index contributed by atoms with van der Waals surface area (Å²) in [6.07, 6.45) is 0. The van der Waals surface area contributed by atoms with Crippen molar-refractivity contribution < 1.29 is 8.42 Å². The lowest BCUT2D eigenvalue weighted by Gasteiger charge is -2.11. The van der Waals surface area contributed by atoms with Crippen molar-refractivity contribution in [1.82, 2.24) is 0 Å². The molecule has 0 aliphatic rings. The number of hydrogen-bond acceptors (Lipinski definition) is 2. The van der Waals surface area contributed by atoms with E-state index in [1.807, 2.05) is 13.0 Å². The summed E-state index contributed by atoms with van der Waals surface area (Å²) in [6.45, 7) is 6.13. The molecule has 0 spiro atoms. The number of hydrogen-bond donors (Lipinski definition) is 2. The fourth-order valence-electron chi connectivity index (χ4n) is 1.55. The zero-order chi connectivity index (χ0) is 11.6. The Morgan fingerprint density at radius 3 is 2.33 bits per heavy atom. The number of aryl methyl sites for hydroxylation is 1. The quantitative estimate of drug-likeness (QED) is 0.827. The third-order valence-electron chi connectivity index (χ3n) is 2.15. The Morgan fingerprint density at radius 2 is 1.93 bits per heavy atom. The first kappa shape index (κ1) is 12.0. The Bertz CT molecular complexity index is 452. The smallest absolute Gasteiger partial charge is 0.271 e. The van der Waals surface area contributed by atoms with Crippen LogP contribution < -0.4 is 9.86 Å². The van der Waals surface area contributed by atoms with Crippen molar-refractivity contribution in [1.29, 1.82) is 0 Å². The predicted octanol–water partition coefficient (Wildman–Crippen LogP) is 1.73. The van der Waals surface area contributed by atoms with Gasteiger partial charge >= 0.3 is 0 Å². The summed E-state index contributed by atoms with van der Waals surface area (Å²) in [5, 5.41) is 4.88. The maximum atomic E-state index is 10.8. The number of nitrogens with two attached hydrogens (primary N) is 1. The van der Waals surface area contributed by atoms with Crippen LogP contribution in [0.25, 0.3) is 0 Å². The molecule has 3 N–H and O–H groups in total. The van der Waals surface area contributed by atoms with Gasteiger partial charge in [0.15, 0.2) is 0 Å². The average molecular weight is 228 g/mol. The topological polar surface area (TPSA) is 72.2 Å². The number of rotatable bonds is 3. The third-order valence-corrected chi connectivity index (χ3v) is 2.67. The van der Waals surface area contributed by atoms with Gasteiger partial charge in [-0.2, -0.15) is 8.42 Å². The minimum Gasteiger partial charge on any atom is -0.271 e. The third kappa shape index (κ3) is 3.53. The van der Waals surface area contributed by atoms with Crippen molar-refractivity contribution in [2.75, 3.05) is 4.72 Å². The van der Waals surface area contributed by atoms with E-state index in [2.05, 4.69) is 18.6 Å². The molecule has 4 nitrogen and oxygen atoms in total. The first-order valence-corrected chi connectivity index (χ1v) is 6.25. The SMILES string of the molecule is Cc1cc(NS(N)(=O)=O)ccc1C(C)C. The van der Waals surface area contributed by atoms with Crippen LogP contribution in [0, 0.1) is 6.92 Å². The second-order valence-corrected chi connectivity index (χ2v) is 5.17. The van der Waals surface area contributed by atoms with Crippen molar-refractivity contribution in [2.24, 2.45) is 5.14 Å². The highest BCUT2D eigenvalue weighted by atomic mass is 32.2. The second kappa shape index (κ2) is 4.20. The van der Waals surface area contributed by atoms with E-state index in [1.165, 1.54) is 5.56 Å². The Morgan fingerprint density at radius 1 is 1.33 bits per heavy atom. The maximum absolute atomic E-state index is 10.8. The van der Waals surface area contributed by atoms with E-state index in [0.29, 0.717) is 11.6 Å². The van der Waals surface area contributed by atoms with Gasteiger partial charge in [0, 0.05) is 0 Å². The summed E-state index contributed by atoms with van der Waals surface area (Å²) in [5.41, 5.74) is 2.76. The molecule has 15 heavy (non-hydrogen) atoms. The van der Waals surface area contributed by atoms with Gasteiger partial charge in [-0.1, -0.05) is 19.9 Å². The molecule has 0 aliphatic carbocycles. The minimum absolute atomic E-state index is 0.425. The molecule has 1 aromatic rings. The van der Waals surface area contributed by atoms with Gasteiger partial charge in [0.1, 0.15) is 0 Å². The average Bonchev–Trinajstić information content (AvgIpc) is 1.99. The highest BCUT2D eigenvalue weighted by molar-refractivity contribution is 7.90. The molecule has 1 aromatic carbocycles. The molecule has 0 radical (unpaired) electrons. The largest absolute Gasteiger partial charge is 0.296 e. The Kier molecular flexibility index (Phi) is 3.36. The molecule has 5 heteroatoms.